The maximum Gasteiger partial charge on any atom is 0.358 e. The Hall–Kier alpha value is -2.85. The van der Waals surface area contributed by atoms with Crippen LogP contribution in [0.1, 0.15) is 40.6 Å². The van der Waals surface area contributed by atoms with Gasteiger partial charge < -0.3 is 14.4 Å². The topological polar surface area (TPSA) is 95.1 Å². The predicted octanol–water partition coefficient (Wildman–Crippen LogP) is 4.24. The van der Waals surface area contributed by atoms with E-state index >= 15 is 4.39 Å². The van der Waals surface area contributed by atoms with Gasteiger partial charge in [0.2, 0.25) is 0 Å². The number of halogens is 2. The summed E-state index contributed by atoms with van der Waals surface area (Å²) in [5.74, 6) is -1.59. The van der Waals surface area contributed by atoms with E-state index in [1.807, 2.05) is 11.5 Å². The third-order valence-electron chi connectivity index (χ3n) is 6.23. The lowest BCUT2D eigenvalue weighted by Crippen LogP contribution is -2.28. The highest BCUT2D eigenvalue weighted by molar-refractivity contribution is 9.10. The first kappa shape index (κ1) is 21.0. The molecule has 10 heteroatoms. The van der Waals surface area contributed by atoms with Crippen molar-refractivity contribution in [3.63, 3.8) is 0 Å². The maximum absolute atomic E-state index is 15.2. The van der Waals surface area contributed by atoms with Crippen molar-refractivity contribution in [1.82, 2.24) is 24.3 Å². The highest BCUT2D eigenvalue weighted by Crippen LogP contribution is 2.42. The lowest BCUT2D eigenvalue weighted by molar-refractivity contribution is 0.0541. The molecule has 166 valence electrons. The first-order valence-corrected chi connectivity index (χ1v) is 11.1. The van der Waals surface area contributed by atoms with E-state index in [0.717, 1.165) is 15.6 Å². The molecule has 4 aromatic heterocycles. The number of carbonyl (C=O) groups is 1. The van der Waals surface area contributed by atoms with Crippen LogP contribution in [-0.4, -0.2) is 48.6 Å². The number of pyridine rings is 2. The SMILES string of the molecule is Cc1c(Br)cnc2c3c(c(C(=O)O)nn3C)n([C@H](c3ncccc3F)C3CCOCC3)c12. The van der Waals surface area contributed by atoms with Crippen LogP contribution in [-0.2, 0) is 11.8 Å². The Labute approximate surface area is 191 Å². The van der Waals surface area contributed by atoms with Gasteiger partial charge in [-0.05, 0) is 59.3 Å². The maximum atomic E-state index is 15.2. The highest BCUT2D eigenvalue weighted by atomic mass is 79.9. The number of hydrogen-bond donors (Lipinski definition) is 1. The van der Waals surface area contributed by atoms with E-state index in [4.69, 9.17) is 4.74 Å². The second kappa shape index (κ2) is 7.93. The lowest BCUT2D eigenvalue weighted by Gasteiger charge is -2.32. The first-order chi connectivity index (χ1) is 15.4. The van der Waals surface area contributed by atoms with Crippen molar-refractivity contribution < 1.29 is 19.0 Å². The standard InChI is InChI=1S/C22H21BrFN5O3/c1-11-13(23)10-26-16-18(11)29(21-17(22(30)31)27-28(2)20(16)21)19(12-5-8-32-9-6-12)15-14(24)4-3-7-25-15/h3-4,7,10,12,19H,5-6,8-9H2,1-2H3,(H,30,31)/t19-/m0/s1. The summed E-state index contributed by atoms with van der Waals surface area (Å²) in [6.45, 7) is 3.04. The van der Waals surface area contributed by atoms with Crippen LogP contribution in [0.15, 0.2) is 29.0 Å². The van der Waals surface area contributed by atoms with E-state index in [2.05, 4.69) is 31.0 Å². The number of carboxylic acids is 1. The number of aromatic nitrogens is 5. The number of ether oxygens (including phenoxy) is 1. The van der Waals surface area contributed by atoms with Crippen molar-refractivity contribution in [3.05, 3.63) is 51.8 Å². The fourth-order valence-electron chi connectivity index (χ4n) is 4.78. The molecule has 4 aromatic rings. The van der Waals surface area contributed by atoms with Crippen LogP contribution >= 0.6 is 15.9 Å². The molecule has 0 amide bonds. The normalized spacial score (nSPS) is 16.1. The Bertz CT molecular complexity index is 1360. The molecule has 1 aliphatic rings. The second-order valence-electron chi connectivity index (χ2n) is 8.04. The Balaban J connectivity index is 1.95. The molecule has 5 rings (SSSR count). The Morgan fingerprint density at radius 2 is 2.03 bits per heavy atom. The molecule has 1 aliphatic heterocycles. The van der Waals surface area contributed by atoms with Gasteiger partial charge in [-0.1, -0.05) is 0 Å². The van der Waals surface area contributed by atoms with Gasteiger partial charge in [0, 0.05) is 37.1 Å². The first-order valence-electron chi connectivity index (χ1n) is 10.3. The largest absolute Gasteiger partial charge is 0.476 e. The van der Waals surface area contributed by atoms with Crippen LogP contribution in [0.2, 0.25) is 0 Å². The number of nitrogens with zero attached hydrogens (tertiary/aromatic N) is 5. The van der Waals surface area contributed by atoms with Crippen LogP contribution in [0, 0.1) is 18.7 Å². The van der Waals surface area contributed by atoms with Crippen LogP contribution in [0.5, 0.6) is 0 Å². The molecule has 0 aliphatic carbocycles. The van der Waals surface area contributed by atoms with Gasteiger partial charge in [-0.3, -0.25) is 14.6 Å². The number of rotatable bonds is 4. The van der Waals surface area contributed by atoms with Gasteiger partial charge in [-0.25, -0.2) is 9.18 Å². The number of aryl methyl sites for hydroxylation is 2. The Morgan fingerprint density at radius 3 is 2.72 bits per heavy atom. The van der Waals surface area contributed by atoms with Gasteiger partial charge in [0.25, 0.3) is 0 Å². The summed E-state index contributed by atoms with van der Waals surface area (Å²) in [5.41, 5.74) is 3.45. The minimum absolute atomic E-state index is 0.00724. The monoisotopic (exact) mass is 501 g/mol. The van der Waals surface area contributed by atoms with Crippen molar-refractivity contribution in [1.29, 1.82) is 0 Å². The quantitative estimate of drug-likeness (QED) is 0.449. The molecule has 0 bridgehead atoms. The lowest BCUT2D eigenvalue weighted by atomic mass is 9.88. The Kier molecular flexibility index (Phi) is 5.21. The molecule has 0 spiro atoms. The second-order valence-corrected chi connectivity index (χ2v) is 8.89. The van der Waals surface area contributed by atoms with E-state index in [9.17, 15) is 9.90 Å². The molecule has 0 aromatic carbocycles. The zero-order valence-electron chi connectivity index (χ0n) is 17.5. The smallest absolute Gasteiger partial charge is 0.358 e. The summed E-state index contributed by atoms with van der Waals surface area (Å²) >= 11 is 3.55. The van der Waals surface area contributed by atoms with Gasteiger partial charge >= 0.3 is 5.97 Å². The summed E-state index contributed by atoms with van der Waals surface area (Å²) < 4.78 is 24.9. The average Bonchev–Trinajstić information content (AvgIpc) is 3.30. The number of fused-ring (bicyclic) bond motifs is 3. The van der Waals surface area contributed by atoms with Gasteiger partial charge in [0.15, 0.2) is 5.69 Å². The number of carboxylic acid groups (broad SMARTS) is 1. The summed E-state index contributed by atoms with van der Waals surface area (Å²) in [5, 5.41) is 14.2. The molecular weight excluding hydrogens is 481 g/mol. The zero-order valence-corrected chi connectivity index (χ0v) is 19.1. The highest BCUT2D eigenvalue weighted by Gasteiger charge is 2.36. The molecule has 1 atom stereocenters. The van der Waals surface area contributed by atoms with Gasteiger partial charge in [0.1, 0.15) is 22.4 Å². The van der Waals surface area contributed by atoms with E-state index < -0.39 is 17.8 Å². The fraction of sp³-hybridized carbons (Fsp3) is 0.364. The molecule has 0 radical (unpaired) electrons. The Morgan fingerprint density at radius 1 is 1.28 bits per heavy atom. The van der Waals surface area contributed by atoms with Crippen LogP contribution in [0.4, 0.5) is 4.39 Å². The van der Waals surface area contributed by atoms with Crippen molar-refractivity contribution in [2.45, 2.75) is 25.8 Å². The average molecular weight is 502 g/mol. The van der Waals surface area contributed by atoms with Crippen LogP contribution < -0.4 is 0 Å². The van der Waals surface area contributed by atoms with Crippen LogP contribution in [0.3, 0.4) is 0 Å². The van der Waals surface area contributed by atoms with E-state index in [0.29, 0.717) is 42.6 Å². The third-order valence-corrected chi connectivity index (χ3v) is 7.03. The van der Waals surface area contributed by atoms with Crippen LogP contribution in [0.25, 0.3) is 22.1 Å². The predicted molar refractivity (Wildman–Crippen MR) is 119 cm³/mol. The number of hydrogen-bond acceptors (Lipinski definition) is 5. The van der Waals surface area contributed by atoms with Crippen molar-refractivity contribution >= 4 is 44.0 Å². The molecule has 1 N–H and O–H groups in total. The molecule has 1 saturated heterocycles. The van der Waals surface area contributed by atoms with Gasteiger partial charge in [-0.2, -0.15) is 5.10 Å². The molecule has 1 fully saturated rings. The molecular formula is C22H21BrFN5O3. The number of aromatic carboxylic acids is 1. The van der Waals surface area contributed by atoms with E-state index in [1.165, 1.54) is 10.7 Å². The van der Waals surface area contributed by atoms with E-state index in [-0.39, 0.29) is 17.3 Å². The summed E-state index contributed by atoms with van der Waals surface area (Å²) in [6, 6.07) is 2.40. The minimum atomic E-state index is -1.15. The molecule has 5 heterocycles. The van der Waals surface area contributed by atoms with Crippen molar-refractivity contribution in [2.24, 2.45) is 13.0 Å². The third kappa shape index (κ3) is 3.12. The van der Waals surface area contributed by atoms with Crippen molar-refractivity contribution in [3.8, 4) is 0 Å². The summed E-state index contributed by atoms with van der Waals surface area (Å²) in [6.07, 6.45) is 4.66. The molecule has 0 saturated carbocycles. The zero-order chi connectivity index (χ0) is 22.6. The fourth-order valence-corrected chi connectivity index (χ4v) is 5.07. The van der Waals surface area contributed by atoms with Crippen molar-refractivity contribution in [2.75, 3.05) is 13.2 Å². The summed E-state index contributed by atoms with van der Waals surface area (Å²) in [7, 11) is 1.70. The molecule has 0 unspecified atom stereocenters. The minimum Gasteiger partial charge on any atom is -0.476 e. The van der Waals surface area contributed by atoms with Gasteiger partial charge in [-0.15, -0.1) is 0 Å². The molecule has 8 nitrogen and oxygen atoms in total. The van der Waals surface area contributed by atoms with Gasteiger partial charge in [0.05, 0.1) is 17.3 Å². The summed E-state index contributed by atoms with van der Waals surface area (Å²) in [4.78, 5) is 21.2. The molecule has 32 heavy (non-hydrogen) atoms. The van der Waals surface area contributed by atoms with E-state index in [1.54, 1.807) is 25.5 Å².